The molecule has 0 fully saturated rings. The lowest BCUT2D eigenvalue weighted by Crippen LogP contribution is -2.21. The maximum Gasteiger partial charge on any atom is 0.355 e. The largest absolute Gasteiger partial charge is 0.489 e. The van der Waals surface area contributed by atoms with Crippen molar-refractivity contribution in [3.8, 4) is 23.3 Å². The normalized spacial score (nSPS) is 14.2. The molecule has 1 aromatic heterocycles. The minimum atomic E-state index is -0.688. The number of carbonyl (C=O) groups is 1. The zero-order chi connectivity index (χ0) is 30.2. The van der Waals surface area contributed by atoms with E-state index < -0.39 is 11.9 Å². The van der Waals surface area contributed by atoms with Gasteiger partial charge in [0.25, 0.3) is 0 Å². The van der Waals surface area contributed by atoms with Crippen LogP contribution in [0.1, 0.15) is 32.3 Å². The highest BCUT2D eigenvalue weighted by Crippen LogP contribution is 2.45. The van der Waals surface area contributed by atoms with E-state index in [4.69, 9.17) is 54.7 Å². The summed E-state index contributed by atoms with van der Waals surface area (Å²) in [5.74, 6) is -0.765. The summed E-state index contributed by atoms with van der Waals surface area (Å²) in [5, 5.41) is 11.4. The highest BCUT2D eigenvalue weighted by Gasteiger charge is 2.32. The highest BCUT2D eigenvalue weighted by atomic mass is 35.5. The van der Waals surface area contributed by atoms with Gasteiger partial charge in [-0.15, -0.1) is 11.3 Å². The lowest BCUT2D eigenvalue weighted by molar-refractivity contribution is 0.0740. The Balaban J connectivity index is 1.29. The van der Waals surface area contributed by atoms with Crippen molar-refractivity contribution in [1.82, 2.24) is 0 Å². The quantitative estimate of drug-likeness (QED) is 0.145. The molecule has 2 N–H and O–H groups in total. The lowest BCUT2D eigenvalue weighted by atomic mass is 9.83. The van der Waals surface area contributed by atoms with Crippen LogP contribution in [0.25, 0.3) is 10.1 Å². The van der Waals surface area contributed by atoms with Crippen LogP contribution in [0.3, 0.4) is 0 Å². The Hall–Kier alpha value is -4.26. The van der Waals surface area contributed by atoms with Crippen molar-refractivity contribution < 1.29 is 23.4 Å². The van der Waals surface area contributed by atoms with Crippen LogP contribution >= 0.6 is 46.1 Å². The van der Waals surface area contributed by atoms with E-state index in [-0.39, 0.29) is 39.5 Å². The summed E-state index contributed by atoms with van der Waals surface area (Å²) < 4.78 is 32.0. The molecule has 2 heterocycles. The molecule has 43 heavy (non-hydrogen) atoms. The van der Waals surface area contributed by atoms with E-state index in [1.54, 1.807) is 60.7 Å². The van der Waals surface area contributed by atoms with E-state index in [0.717, 1.165) is 11.3 Å². The fourth-order valence-electron chi connectivity index (χ4n) is 4.80. The van der Waals surface area contributed by atoms with Gasteiger partial charge in [0, 0.05) is 32.3 Å². The molecule has 1 aliphatic rings. The zero-order valence-electron chi connectivity index (χ0n) is 21.9. The Morgan fingerprint density at radius 1 is 1.02 bits per heavy atom. The van der Waals surface area contributed by atoms with Crippen molar-refractivity contribution >= 4 is 62.2 Å². The third-order valence-corrected chi connectivity index (χ3v) is 8.90. The summed E-state index contributed by atoms with van der Waals surface area (Å²) in [6.07, 6.45) is 0. The topological polar surface area (TPSA) is 94.6 Å². The standard InChI is InChI=1S/C32H18Cl3FN2O4S/c33-18-11-23(34)28-26(12-18)43-30(29(28)35)32(39)41-20-8-9-21-25(13-20)42-31(38)22(14-37)27(21)16-5-3-6-19(10-16)40-15-17-4-1-2-7-24(17)36/h1-13,27H,15,38H2. The van der Waals surface area contributed by atoms with Gasteiger partial charge in [0.1, 0.15) is 46.2 Å². The second-order valence-corrected chi connectivity index (χ2v) is 11.7. The number of thiophene rings is 1. The monoisotopic (exact) mass is 650 g/mol. The van der Waals surface area contributed by atoms with E-state index >= 15 is 0 Å². The number of benzene rings is 4. The molecule has 0 spiro atoms. The van der Waals surface area contributed by atoms with Crippen LogP contribution in [0.2, 0.25) is 15.1 Å². The number of nitrogens with zero attached hydrogens (tertiary/aromatic N) is 1. The fourth-order valence-corrected chi connectivity index (χ4v) is 7.05. The summed E-state index contributed by atoms with van der Waals surface area (Å²) in [6.45, 7) is 0.0291. The Labute approximate surface area is 264 Å². The third-order valence-electron chi connectivity index (χ3n) is 6.78. The molecule has 5 aromatic rings. The number of hydrogen-bond donors (Lipinski definition) is 1. The van der Waals surface area contributed by atoms with Gasteiger partial charge < -0.3 is 19.9 Å². The predicted octanol–water partition coefficient (Wildman–Crippen LogP) is 9.02. The van der Waals surface area contributed by atoms with Gasteiger partial charge in [-0.3, -0.25) is 0 Å². The van der Waals surface area contributed by atoms with Crippen LogP contribution < -0.4 is 19.9 Å². The molecule has 4 aromatic carbocycles. The molecule has 0 radical (unpaired) electrons. The van der Waals surface area contributed by atoms with Gasteiger partial charge in [-0.2, -0.15) is 5.26 Å². The molecule has 6 rings (SSSR count). The minimum Gasteiger partial charge on any atom is -0.489 e. The molecule has 0 saturated carbocycles. The summed E-state index contributed by atoms with van der Waals surface area (Å²) in [5.41, 5.74) is 8.11. The molecule has 0 bridgehead atoms. The van der Waals surface area contributed by atoms with E-state index in [2.05, 4.69) is 6.07 Å². The number of rotatable bonds is 6. The van der Waals surface area contributed by atoms with Gasteiger partial charge in [0.15, 0.2) is 0 Å². The number of allylic oxidation sites excluding steroid dienone is 1. The summed E-state index contributed by atoms with van der Waals surface area (Å²) in [7, 11) is 0. The number of hydrogen-bond acceptors (Lipinski definition) is 7. The lowest BCUT2D eigenvalue weighted by Gasteiger charge is -2.27. The molecule has 1 atom stereocenters. The van der Waals surface area contributed by atoms with Crippen LogP contribution in [0, 0.1) is 17.1 Å². The molecule has 6 nitrogen and oxygen atoms in total. The predicted molar refractivity (Wildman–Crippen MR) is 165 cm³/mol. The van der Waals surface area contributed by atoms with Gasteiger partial charge in [0.05, 0.1) is 16.0 Å². The second kappa shape index (κ2) is 11.8. The van der Waals surface area contributed by atoms with Crippen molar-refractivity contribution in [1.29, 1.82) is 5.26 Å². The molecular weight excluding hydrogens is 634 g/mol. The fraction of sp³-hybridized carbons (Fsp3) is 0.0625. The van der Waals surface area contributed by atoms with Gasteiger partial charge >= 0.3 is 5.97 Å². The van der Waals surface area contributed by atoms with Crippen LogP contribution in [-0.4, -0.2) is 5.97 Å². The van der Waals surface area contributed by atoms with Gasteiger partial charge in [0.2, 0.25) is 5.88 Å². The molecule has 0 amide bonds. The Morgan fingerprint density at radius 3 is 2.63 bits per heavy atom. The average Bonchev–Trinajstić information content (AvgIpc) is 3.32. The Morgan fingerprint density at radius 2 is 1.84 bits per heavy atom. The Kier molecular flexibility index (Phi) is 7.91. The third kappa shape index (κ3) is 5.61. The molecular formula is C32H18Cl3FN2O4S. The van der Waals surface area contributed by atoms with E-state index in [0.29, 0.717) is 48.3 Å². The zero-order valence-corrected chi connectivity index (χ0v) is 25.0. The number of carbonyl (C=O) groups excluding carboxylic acids is 1. The van der Waals surface area contributed by atoms with Crippen LogP contribution in [0.5, 0.6) is 17.2 Å². The van der Waals surface area contributed by atoms with Crippen molar-refractivity contribution in [2.24, 2.45) is 5.73 Å². The Bertz CT molecular complexity index is 2000. The number of fused-ring (bicyclic) bond motifs is 2. The van der Waals surface area contributed by atoms with Crippen molar-refractivity contribution in [3.05, 3.63) is 133 Å². The molecule has 0 saturated heterocycles. The van der Waals surface area contributed by atoms with Crippen LogP contribution in [0.4, 0.5) is 4.39 Å². The first-order valence-electron chi connectivity index (χ1n) is 12.7. The smallest absolute Gasteiger partial charge is 0.355 e. The number of nitriles is 1. The number of ether oxygens (including phenoxy) is 3. The number of esters is 1. The SMILES string of the molecule is N#CC1=C(N)Oc2cc(OC(=O)c3sc4cc(Cl)cc(Cl)c4c3Cl)ccc2C1c1cccc(OCc2ccccc2F)c1. The van der Waals surface area contributed by atoms with Crippen molar-refractivity contribution in [2.75, 3.05) is 0 Å². The van der Waals surface area contributed by atoms with E-state index in [9.17, 15) is 14.4 Å². The first-order chi connectivity index (χ1) is 20.7. The van der Waals surface area contributed by atoms with Crippen molar-refractivity contribution in [3.63, 3.8) is 0 Å². The van der Waals surface area contributed by atoms with Gasteiger partial charge in [-0.25, -0.2) is 9.18 Å². The number of nitrogens with two attached hydrogens (primary N) is 1. The van der Waals surface area contributed by atoms with Gasteiger partial charge in [-0.05, 0) is 42.0 Å². The first kappa shape index (κ1) is 28.8. The van der Waals surface area contributed by atoms with Crippen molar-refractivity contribution in [2.45, 2.75) is 12.5 Å². The summed E-state index contributed by atoms with van der Waals surface area (Å²) in [6, 6.07) is 23.6. The summed E-state index contributed by atoms with van der Waals surface area (Å²) in [4.78, 5) is 13.3. The van der Waals surface area contributed by atoms with E-state index in [1.165, 1.54) is 12.1 Å². The molecule has 1 unspecified atom stereocenters. The molecule has 11 heteroatoms. The van der Waals surface area contributed by atoms with E-state index in [1.807, 2.05) is 6.07 Å². The van der Waals surface area contributed by atoms with Crippen LogP contribution in [0.15, 0.2) is 90.3 Å². The second-order valence-electron chi connectivity index (χ2n) is 9.47. The molecule has 214 valence electrons. The minimum absolute atomic E-state index is 0.0291. The maximum absolute atomic E-state index is 14.1. The summed E-state index contributed by atoms with van der Waals surface area (Å²) >= 11 is 20.0. The van der Waals surface area contributed by atoms with Crippen LogP contribution in [-0.2, 0) is 6.61 Å². The first-order valence-corrected chi connectivity index (χ1v) is 14.7. The average molecular weight is 652 g/mol. The number of halogens is 4. The maximum atomic E-state index is 14.1. The van der Waals surface area contributed by atoms with Gasteiger partial charge in [-0.1, -0.05) is 71.2 Å². The molecule has 0 aliphatic carbocycles. The highest BCUT2D eigenvalue weighted by molar-refractivity contribution is 7.21. The molecule has 1 aliphatic heterocycles.